The van der Waals surface area contributed by atoms with E-state index in [0.717, 1.165) is 25.0 Å². The van der Waals surface area contributed by atoms with Crippen molar-refractivity contribution in [3.63, 3.8) is 0 Å². The summed E-state index contributed by atoms with van der Waals surface area (Å²) in [6.45, 7) is 7.08. The molecule has 3 heteroatoms. The van der Waals surface area contributed by atoms with Crippen molar-refractivity contribution in [3.8, 4) is 0 Å². The Bertz CT molecular complexity index is 159. The van der Waals surface area contributed by atoms with Crippen molar-refractivity contribution in [2.75, 3.05) is 47.3 Å². The highest BCUT2D eigenvalue weighted by atomic mass is 15.1. The Balaban J connectivity index is 2.17. The van der Waals surface area contributed by atoms with Gasteiger partial charge in [0.2, 0.25) is 0 Å². The molecule has 0 bridgehead atoms. The highest BCUT2D eigenvalue weighted by Crippen LogP contribution is 2.14. The van der Waals surface area contributed by atoms with Crippen LogP contribution in [0.3, 0.4) is 0 Å². The molecular formula is C11H25N3. The zero-order valence-electron chi connectivity index (χ0n) is 10.1. The van der Waals surface area contributed by atoms with Gasteiger partial charge in [0.1, 0.15) is 0 Å². The van der Waals surface area contributed by atoms with Gasteiger partial charge in [0.05, 0.1) is 0 Å². The van der Waals surface area contributed by atoms with Crippen LogP contribution in [0.1, 0.15) is 13.3 Å². The molecule has 2 atom stereocenters. The lowest BCUT2D eigenvalue weighted by Gasteiger charge is -2.35. The fourth-order valence-corrected chi connectivity index (χ4v) is 2.13. The summed E-state index contributed by atoms with van der Waals surface area (Å²) in [6, 6.07) is 0.728. The molecule has 0 saturated carbocycles. The minimum absolute atomic E-state index is 0.728. The number of likely N-dealkylation sites (N-methyl/N-ethyl adjacent to an activating group) is 1. The Kier molecular flexibility index (Phi) is 4.85. The third-order valence-electron chi connectivity index (χ3n) is 3.07. The quantitative estimate of drug-likeness (QED) is 0.710. The summed E-state index contributed by atoms with van der Waals surface area (Å²) < 4.78 is 0. The summed E-state index contributed by atoms with van der Waals surface area (Å²) in [5.41, 5.74) is 0. The van der Waals surface area contributed by atoms with Crippen LogP contribution in [0.15, 0.2) is 0 Å². The molecule has 0 radical (unpaired) electrons. The van der Waals surface area contributed by atoms with E-state index in [-0.39, 0.29) is 0 Å². The zero-order valence-corrected chi connectivity index (χ0v) is 10.1. The van der Waals surface area contributed by atoms with Crippen LogP contribution in [0.25, 0.3) is 0 Å². The second-order valence-corrected chi connectivity index (χ2v) is 4.89. The van der Waals surface area contributed by atoms with Gasteiger partial charge in [-0.2, -0.15) is 0 Å². The minimum atomic E-state index is 0.728. The van der Waals surface area contributed by atoms with Gasteiger partial charge in [-0.05, 0) is 40.0 Å². The summed E-state index contributed by atoms with van der Waals surface area (Å²) in [5, 5.41) is 3.65. The van der Waals surface area contributed by atoms with Crippen molar-refractivity contribution in [2.24, 2.45) is 5.92 Å². The Morgan fingerprint density at radius 1 is 1.43 bits per heavy atom. The van der Waals surface area contributed by atoms with Gasteiger partial charge in [0.15, 0.2) is 0 Å². The maximum Gasteiger partial charge on any atom is 0.0118 e. The lowest BCUT2D eigenvalue weighted by atomic mass is 9.94. The summed E-state index contributed by atoms with van der Waals surface area (Å²) in [6.07, 6.45) is 1.30. The van der Waals surface area contributed by atoms with Crippen molar-refractivity contribution >= 4 is 0 Å². The molecule has 1 aliphatic rings. The molecule has 0 aromatic rings. The fourth-order valence-electron chi connectivity index (χ4n) is 2.13. The molecule has 1 rings (SSSR count). The summed E-state index contributed by atoms with van der Waals surface area (Å²) in [5.74, 6) is 0.788. The van der Waals surface area contributed by atoms with Gasteiger partial charge in [-0.15, -0.1) is 0 Å². The minimum Gasteiger partial charge on any atom is -0.312 e. The summed E-state index contributed by atoms with van der Waals surface area (Å²) in [7, 11) is 6.46. The highest BCUT2D eigenvalue weighted by molar-refractivity contribution is 4.81. The Morgan fingerprint density at radius 2 is 2.14 bits per heavy atom. The van der Waals surface area contributed by atoms with Crippen molar-refractivity contribution < 1.29 is 0 Å². The molecule has 0 amide bonds. The lowest BCUT2D eigenvalue weighted by Crippen LogP contribution is -2.48. The monoisotopic (exact) mass is 199 g/mol. The van der Waals surface area contributed by atoms with Crippen LogP contribution in [0.4, 0.5) is 0 Å². The van der Waals surface area contributed by atoms with E-state index in [0.29, 0.717) is 0 Å². The Labute approximate surface area is 88.5 Å². The van der Waals surface area contributed by atoms with E-state index < -0.39 is 0 Å². The van der Waals surface area contributed by atoms with E-state index in [4.69, 9.17) is 0 Å². The molecule has 0 aromatic heterocycles. The molecular weight excluding hydrogens is 174 g/mol. The van der Waals surface area contributed by atoms with E-state index in [1.807, 2.05) is 0 Å². The van der Waals surface area contributed by atoms with Crippen molar-refractivity contribution in [1.29, 1.82) is 0 Å². The van der Waals surface area contributed by atoms with Gasteiger partial charge in [-0.25, -0.2) is 0 Å². The molecule has 1 aliphatic heterocycles. The first-order valence-corrected chi connectivity index (χ1v) is 5.66. The van der Waals surface area contributed by atoms with Crippen LogP contribution in [0.2, 0.25) is 0 Å². The van der Waals surface area contributed by atoms with Crippen LogP contribution < -0.4 is 5.32 Å². The topological polar surface area (TPSA) is 18.5 Å². The predicted octanol–water partition coefficient (Wildman–Crippen LogP) is 0.478. The molecule has 1 fully saturated rings. The molecule has 1 saturated heterocycles. The van der Waals surface area contributed by atoms with Gasteiger partial charge in [0, 0.05) is 25.7 Å². The van der Waals surface area contributed by atoms with E-state index >= 15 is 0 Å². The SMILES string of the molecule is CC1CN(C)CCC1NCCN(C)C. The molecule has 1 N–H and O–H groups in total. The average molecular weight is 199 g/mol. The van der Waals surface area contributed by atoms with Gasteiger partial charge in [-0.3, -0.25) is 0 Å². The molecule has 0 spiro atoms. The number of nitrogens with one attached hydrogen (secondary N) is 1. The first kappa shape index (κ1) is 12.0. The van der Waals surface area contributed by atoms with Crippen LogP contribution in [-0.4, -0.2) is 63.2 Å². The standard InChI is InChI=1S/C11H25N3/c1-10-9-14(4)7-5-11(10)12-6-8-13(2)3/h10-12H,5-9H2,1-4H3. The number of rotatable bonds is 4. The molecule has 1 heterocycles. The number of hydrogen-bond donors (Lipinski definition) is 1. The van der Waals surface area contributed by atoms with Crippen molar-refractivity contribution in [3.05, 3.63) is 0 Å². The molecule has 14 heavy (non-hydrogen) atoms. The molecule has 2 unspecified atom stereocenters. The normalized spacial score (nSPS) is 29.8. The third-order valence-corrected chi connectivity index (χ3v) is 3.07. The molecule has 0 aromatic carbocycles. The molecule has 0 aliphatic carbocycles. The largest absolute Gasteiger partial charge is 0.312 e. The summed E-state index contributed by atoms with van der Waals surface area (Å²) in [4.78, 5) is 4.65. The predicted molar refractivity (Wildman–Crippen MR) is 61.6 cm³/mol. The van der Waals surface area contributed by atoms with E-state index in [1.54, 1.807) is 0 Å². The van der Waals surface area contributed by atoms with Crippen LogP contribution in [0, 0.1) is 5.92 Å². The van der Waals surface area contributed by atoms with Crippen LogP contribution in [-0.2, 0) is 0 Å². The number of nitrogens with zero attached hydrogens (tertiary/aromatic N) is 2. The number of hydrogen-bond acceptors (Lipinski definition) is 3. The van der Waals surface area contributed by atoms with E-state index in [1.165, 1.54) is 19.5 Å². The lowest BCUT2D eigenvalue weighted by molar-refractivity contribution is 0.173. The van der Waals surface area contributed by atoms with Crippen LogP contribution in [0.5, 0.6) is 0 Å². The van der Waals surface area contributed by atoms with E-state index in [2.05, 4.69) is 43.2 Å². The van der Waals surface area contributed by atoms with E-state index in [9.17, 15) is 0 Å². The first-order chi connectivity index (χ1) is 6.59. The second-order valence-electron chi connectivity index (χ2n) is 4.89. The third kappa shape index (κ3) is 3.95. The van der Waals surface area contributed by atoms with Gasteiger partial charge >= 0.3 is 0 Å². The Morgan fingerprint density at radius 3 is 2.71 bits per heavy atom. The summed E-state index contributed by atoms with van der Waals surface area (Å²) >= 11 is 0. The van der Waals surface area contributed by atoms with Gasteiger partial charge in [-0.1, -0.05) is 6.92 Å². The first-order valence-electron chi connectivity index (χ1n) is 5.66. The highest BCUT2D eigenvalue weighted by Gasteiger charge is 2.23. The number of likely N-dealkylation sites (tertiary alicyclic amines) is 1. The Hall–Kier alpha value is -0.120. The maximum atomic E-state index is 3.65. The zero-order chi connectivity index (χ0) is 10.6. The fraction of sp³-hybridized carbons (Fsp3) is 1.00. The van der Waals surface area contributed by atoms with Crippen molar-refractivity contribution in [2.45, 2.75) is 19.4 Å². The van der Waals surface area contributed by atoms with Gasteiger partial charge < -0.3 is 15.1 Å². The smallest absolute Gasteiger partial charge is 0.0118 e. The van der Waals surface area contributed by atoms with Crippen LogP contribution >= 0.6 is 0 Å². The van der Waals surface area contributed by atoms with Gasteiger partial charge in [0.25, 0.3) is 0 Å². The second kappa shape index (κ2) is 5.69. The average Bonchev–Trinajstić information content (AvgIpc) is 2.08. The molecule has 3 nitrogen and oxygen atoms in total. The maximum absolute atomic E-state index is 3.65. The molecule has 84 valence electrons. The number of piperidine rings is 1. The van der Waals surface area contributed by atoms with Crippen molar-refractivity contribution in [1.82, 2.24) is 15.1 Å².